The van der Waals surface area contributed by atoms with Gasteiger partial charge in [0, 0.05) is 5.56 Å². The van der Waals surface area contributed by atoms with Crippen LogP contribution in [0.25, 0.3) is 11.3 Å². The minimum absolute atomic E-state index is 0.0481. The number of para-hydroxylation sites is 1. The van der Waals surface area contributed by atoms with Crippen molar-refractivity contribution in [2.24, 2.45) is 0 Å². The van der Waals surface area contributed by atoms with Gasteiger partial charge in [-0.05, 0) is 25.1 Å². The van der Waals surface area contributed by atoms with E-state index in [4.69, 9.17) is 9.47 Å². The van der Waals surface area contributed by atoms with Gasteiger partial charge in [-0.2, -0.15) is 5.26 Å². The molecule has 0 aliphatic heterocycles. The van der Waals surface area contributed by atoms with Crippen LogP contribution in [0.1, 0.15) is 28.5 Å². The summed E-state index contributed by atoms with van der Waals surface area (Å²) in [6.07, 6.45) is -2.68. The smallest absolute Gasteiger partial charge is 0.339 e. The van der Waals surface area contributed by atoms with Gasteiger partial charge in [0.15, 0.2) is 0 Å². The quantitative estimate of drug-likeness (QED) is 0.762. The van der Waals surface area contributed by atoms with Crippen molar-refractivity contribution in [3.8, 4) is 23.1 Å². The molecule has 1 aromatic carbocycles. The lowest BCUT2D eigenvalue weighted by atomic mass is 10.00. The first-order valence-electron chi connectivity index (χ1n) is 7.74. The number of carbonyl (C=O) groups excluding carboxylic acids is 1. The maximum absolute atomic E-state index is 12.5. The number of aliphatic hydroxyl groups excluding tert-OH is 1. The molecule has 6 nitrogen and oxygen atoms in total. The van der Waals surface area contributed by atoms with Crippen molar-refractivity contribution in [3.05, 3.63) is 47.2 Å². The first kappa shape index (κ1) is 19.3. The van der Waals surface area contributed by atoms with Crippen LogP contribution in [-0.4, -0.2) is 35.7 Å². The molecule has 26 heavy (non-hydrogen) atoms. The van der Waals surface area contributed by atoms with E-state index in [1.807, 2.05) is 6.07 Å². The third-order valence-corrected chi connectivity index (χ3v) is 3.35. The Bertz CT molecular complexity index is 834. The molecule has 1 N–H and O–H groups in total. The van der Waals surface area contributed by atoms with E-state index in [-0.39, 0.29) is 40.4 Å². The number of hydrogen-bond donors (Lipinski definition) is 1. The van der Waals surface area contributed by atoms with Crippen LogP contribution in [0.15, 0.2) is 30.3 Å². The summed E-state index contributed by atoms with van der Waals surface area (Å²) in [4.78, 5) is 16.3. The standard InChI is InChI=1S/C18H16F2N2O4/c1-2-25-18(24)13-7-11(9-23)22-17(14(13)8-21)12-5-3-4-6-15(12)26-10-16(19)20/h3-7,16,23H,2,9-10H2,1H3. The number of aliphatic hydroxyl groups is 1. The van der Waals surface area contributed by atoms with Crippen LogP contribution in [0.4, 0.5) is 8.78 Å². The first-order chi connectivity index (χ1) is 12.5. The molecule has 8 heteroatoms. The summed E-state index contributed by atoms with van der Waals surface area (Å²) in [5.74, 6) is -0.657. The molecule has 0 fully saturated rings. The van der Waals surface area contributed by atoms with Gasteiger partial charge in [0.1, 0.15) is 18.4 Å². The zero-order valence-electron chi connectivity index (χ0n) is 13.9. The average molecular weight is 362 g/mol. The van der Waals surface area contributed by atoms with Crippen LogP contribution in [0.3, 0.4) is 0 Å². The van der Waals surface area contributed by atoms with Crippen LogP contribution in [0.2, 0.25) is 0 Å². The lowest BCUT2D eigenvalue weighted by molar-refractivity contribution is 0.0525. The molecule has 0 spiro atoms. The molecule has 1 aromatic heterocycles. The maximum atomic E-state index is 12.5. The predicted molar refractivity (Wildman–Crippen MR) is 87.8 cm³/mol. The molecule has 0 atom stereocenters. The Morgan fingerprint density at radius 2 is 2.12 bits per heavy atom. The number of carbonyl (C=O) groups is 1. The van der Waals surface area contributed by atoms with Gasteiger partial charge in [-0.3, -0.25) is 0 Å². The van der Waals surface area contributed by atoms with Gasteiger partial charge in [-0.15, -0.1) is 0 Å². The van der Waals surface area contributed by atoms with Gasteiger partial charge >= 0.3 is 5.97 Å². The molecule has 2 rings (SSSR count). The third-order valence-electron chi connectivity index (χ3n) is 3.35. The number of aromatic nitrogens is 1. The summed E-state index contributed by atoms with van der Waals surface area (Å²) in [5, 5.41) is 19.0. The molecule has 0 amide bonds. The molecule has 0 bridgehead atoms. The van der Waals surface area contributed by atoms with Crippen LogP contribution in [-0.2, 0) is 11.3 Å². The molecular weight excluding hydrogens is 346 g/mol. The number of hydrogen-bond acceptors (Lipinski definition) is 6. The molecule has 1 heterocycles. The van der Waals surface area contributed by atoms with Crippen molar-refractivity contribution in [1.29, 1.82) is 5.26 Å². The van der Waals surface area contributed by atoms with Gasteiger partial charge in [0.25, 0.3) is 6.43 Å². The van der Waals surface area contributed by atoms with E-state index in [9.17, 15) is 23.9 Å². The zero-order valence-corrected chi connectivity index (χ0v) is 13.9. The minimum Gasteiger partial charge on any atom is -0.487 e. The van der Waals surface area contributed by atoms with Gasteiger partial charge in [0.2, 0.25) is 0 Å². The molecule has 136 valence electrons. The highest BCUT2D eigenvalue weighted by Crippen LogP contribution is 2.33. The molecule has 0 saturated heterocycles. The number of nitrogens with zero attached hydrogens (tertiary/aromatic N) is 2. The lowest BCUT2D eigenvalue weighted by Gasteiger charge is -2.14. The fourth-order valence-corrected chi connectivity index (χ4v) is 2.30. The monoisotopic (exact) mass is 362 g/mol. The van der Waals surface area contributed by atoms with Crippen LogP contribution >= 0.6 is 0 Å². The van der Waals surface area contributed by atoms with E-state index in [0.29, 0.717) is 0 Å². The van der Waals surface area contributed by atoms with E-state index in [0.717, 1.165) is 0 Å². The van der Waals surface area contributed by atoms with Gasteiger partial charge < -0.3 is 14.6 Å². The summed E-state index contributed by atoms with van der Waals surface area (Å²) in [7, 11) is 0. The minimum atomic E-state index is -2.68. The molecule has 0 saturated carbocycles. The van der Waals surface area contributed by atoms with Crippen molar-refractivity contribution in [1.82, 2.24) is 4.98 Å². The highest BCUT2D eigenvalue weighted by atomic mass is 19.3. The van der Waals surface area contributed by atoms with Gasteiger partial charge in [0.05, 0.1) is 35.7 Å². The molecular formula is C18H16F2N2O4. The average Bonchev–Trinajstić information content (AvgIpc) is 2.65. The third kappa shape index (κ3) is 4.32. The largest absolute Gasteiger partial charge is 0.487 e. The SMILES string of the molecule is CCOC(=O)c1cc(CO)nc(-c2ccccc2OCC(F)F)c1C#N. The number of pyridine rings is 1. The summed E-state index contributed by atoms with van der Waals surface area (Å²) < 4.78 is 35.0. The summed E-state index contributed by atoms with van der Waals surface area (Å²) in [5.41, 5.74) is 0.282. The van der Waals surface area contributed by atoms with E-state index in [1.54, 1.807) is 19.1 Å². The molecule has 0 radical (unpaired) electrons. The highest BCUT2D eigenvalue weighted by Gasteiger charge is 2.22. The van der Waals surface area contributed by atoms with Crippen LogP contribution in [0, 0.1) is 11.3 Å². The van der Waals surface area contributed by atoms with Crippen molar-refractivity contribution in [2.45, 2.75) is 20.0 Å². The van der Waals surface area contributed by atoms with E-state index in [1.165, 1.54) is 18.2 Å². The summed E-state index contributed by atoms with van der Waals surface area (Å²) >= 11 is 0. The number of esters is 1. The highest BCUT2D eigenvalue weighted by molar-refractivity contribution is 5.95. The first-order valence-corrected chi connectivity index (χ1v) is 7.74. The Balaban J connectivity index is 2.64. The topological polar surface area (TPSA) is 92.4 Å². The second-order valence-corrected chi connectivity index (χ2v) is 5.07. The zero-order chi connectivity index (χ0) is 19.1. The van der Waals surface area contributed by atoms with E-state index >= 15 is 0 Å². The van der Waals surface area contributed by atoms with Crippen molar-refractivity contribution in [3.63, 3.8) is 0 Å². The fraction of sp³-hybridized carbons (Fsp3) is 0.278. The Kier molecular flexibility index (Phi) is 6.58. The number of benzene rings is 1. The maximum Gasteiger partial charge on any atom is 0.339 e. The lowest BCUT2D eigenvalue weighted by Crippen LogP contribution is -2.12. The summed E-state index contributed by atoms with van der Waals surface area (Å²) in [6, 6.07) is 9.34. The van der Waals surface area contributed by atoms with E-state index in [2.05, 4.69) is 4.98 Å². The molecule has 0 aliphatic carbocycles. The number of nitriles is 1. The predicted octanol–water partition coefficient (Wildman–Crippen LogP) is 2.93. The van der Waals surface area contributed by atoms with Crippen molar-refractivity contribution < 1.29 is 28.2 Å². The fourth-order valence-electron chi connectivity index (χ4n) is 2.30. The Hall–Kier alpha value is -3.05. The second-order valence-electron chi connectivity index (χ2n) is 5.07. The molecule has 0 aliphatic rings. The van der Waals surface area contributed by atoms with Crippen molar-refractivity contribution >= 4 is 5.97 Å². The number of rotatable bonds is 7. The molecule has 2 aromatic rings. The molecule has 0 unspecified atom stereocenters. The Morgan fingerprint density at radius 1 is 1.38 bits per heavy atom. The summed E-state index contributed by atoms with van der Waals surface area (Å²) in [6.45, 7) is 0.408. The van der Waals surface area contributed by atoms with Gasteiger partial charge in [-0.1, -0.05) is 12.1 Å². The number of ether oxygens (including phenoxy) is 2. The second kappa shape index (κ2) is 8.87. The van der Waals surface area contributed by atoms with Gasteiger partial charge in [-0.25, -0.2) is 18.6 Å². The number of halogens is 2. The Morgan fingerprint density at radius 3 is 2.73 bits per heavy atom. The van der Waals surface area contributed by atoms with E-state index < -0.39 is 25.6 Å². The normalized spacial score (nSPS) is 10.5. The number of alkyl halides is 2. The Labute approximate surface area is 148 Å². The van der Waals surface area contributed by atoms with Crippen molar-refractivity contribution in [2.75, 3.05) is 13.2 Å². The van der Waals surface area contributed by atoms with Crippen LogP contribution in [0.5, 0.6) is 5.75 Å². The van der Waals surface area contributed by atoms with Crippen LogP contribution < -0.4 is 4.74 Å².